The van der Waals surface area contributed by atoms with Crippen LogP contribution < -0.4 is 5.32 Å². The van der Waals surface area contributed by atoms with E-state index < -0.39 is 0 Å². The summed E-state index contributed by atoms with van der Waals surface area (Å²) < 4.78 is 2.83. The highest BCUT2D eigenvalue weighted by atomic mass is 32.2. The zero-order valence-electron chi connectivity index (χ0n) is 17.7. The monoisotopic (exact) mass is 436 g/mol. The summed E-state index contributed by atoms with van der Waals surface area (Å²) in [4.78, 5) is 18.6. The fourth-order valence-electron chi connectivity index (χ4n) is 3.22. The van der Waals surface area contributed by atoms with Crippen molar-refractivity contribution in [3.05, 3.63) is 65.4 Å². The molecule has 154 valence electrons. The standard InChI is InChI=1S/C23H24N4OS2/c1-14-12-20(25-21(28)16-8-6-7-9-18(16)29-5)27(26-14)22-24-17-11-10-15(23(2,3)4)13-19(17)30-22/h6-13H,1-5H3,(H,25,28). The van der Waals surface area contributed by atoms with Gasteiger partial charge in [-0.3, -0.25) is 4.79 Å². The van der Waals surface area contributed by atoms with E-state index in [1.807, 2.05) is 43.5 Å². The molecule has 7 heteroatoms. The maximum atomic E-state index is 12.9. The summed E-state index contributed by atoms with van der Waals surface area (Å²) in [7, 11) is 0. The molecule has 5 nitrogen and oxygen atoms in total. The van der Waals surface area contributed by atoms with Crippen LogP contribution in [0.5, 0.6) is 0 Å². The van der Waals surface area contributed by atoms with E-state index in [1.54, 1.807) is 27.8 Å². The van der Waals surface area contributed by atoms with Crippen LogP contribution in [0.4, 0.5) is 5.82 Å². The van der Waals surface area contributed by atoms with Gasteiger partial charge >= 0.3 is 0 Å². The van der Waals surface area contributed by atoms with Crippen molar-refractivity contribution in [3.63, 3.8) is 0 Å². The Morgan fingerprint density at radius 3 is 2.63 bits per heavy atom. The lowest BCUT2D eigenvalue weighted by molar-refractivity contribution is 0.102. The highest BCUT2D eigenvalue weighted by molar-refractivity contribution is 7.98. The number of aryl methyl sites for hydroxylation is 1. The van der Waals surface area contributed by atoms with Crippen LogP contribution in [-0.4, -0.2) is 26.9 Å². The minimum absolute atomic E-state index is 0.0739. The number of hydrogen-bond donors (Lipinski definition) is 1. The zero-order valence-corrected chi connectivity index (χ0v) is 19.3. The molecular weight excluding hydrogens is 412 g/mol. The van der Waals surface area contributed by atoms with E-state index >= 15 is 0 Å². The zero-order chi connectivity index (χ0) is 21.5. The fraction of sp³-hybridized carbons (Fsp3) is 0.261. The number of benzene rings is 2. The maximum absolute atomic E-state index is 12.9. The predicted molar refractivity (Wildman–Crippen MR) is 126 cm³/mol. The normalized spacial score (nSPS) is 11.8. The number of fused-ring (bicyclic) bond motifs is 1. The van der Waals surface area contributed by atoms with Crippen LogP contribution in [0.15, 0.2) is 53.4 Å². The molecule has 30 heavy (non-hydrogen) atoms. The number of nitrogens with zero attached hydrogens (tertiary/aromatic N) is 3. The van der Waals surface area contributed by atoms with E-state index in [4.69, 9.17) is 4.98 Å². The second-order valence-electron chi connectivity index (χ2n) is 8.17. The molecule has 2 aromatic carbocycles. The highest BCUT2D eigenvalue weighted by Gasteiger charge is 2.19. The van der Waals surface area contributed by atoms with E-state index in [-0.39, 0.29) is 11.3 Å². The summed E-state index contributed by atoms with van der Waals surface area (Å²) in [5.74, 6) is 0.459. The molecule has 0 radical (unpaired) electrons. The number of carbonyl (C=O) groups excluding carboxylic acids is 1. The quantitative estimate of drug-likeness (QED) is 0.395. The SMILES string of the molecule is CSc1ccccc1C(=O)Nc1cc(C)nn1-c1nc2ccc(C(C)(C)C)cc2s1. The van der Waals surface area contributed by atoms with Crippen molar-refractivity contribution in [2.75, 3.05) is 11.6 Å². The van der Waals surface area contributed by atoms with Gasteiger partial charge in [0.1, 0.15) is 5.82 Å². The van der Waals surface area contributed by atoms with Gasteiger partial charge in [-0.05, 0) is 48.4 Å². The molecule has 0 aliphatic rings. The van der Waals surface area contributed by atoms with Gasteiger partial charge < -0.3 is 5.32 Å². The van der Waals surface area contributed by atoms with Crippen LogP contribution in [0.25, 0.3) is 15.3 Å². The summed E-state index contributed by atoms with van der Waals surface area (Å²) >= 11 is 3.13. The third-order valence-electron chi connectivity index (χ3n) is 4.85. The van der Waals surface area contributed by atoms with E-state index in [1.165, 1.54) is 5.56 Å². The average Bonchev–Trinajstić information content (AvgIpc) is 3.29. The Morgan fingerprint density at radius 2 is 1.90 bits per heavy atom. The van der Waals surface area contributed by atoms with Gasteiger partial charge in [-0.2, -0.15) is 9.78 Å². The molecule has 0 fully saturated rings. The summed E-state index contributed by atoms with van der Waals surface area (Å²) in [6.07, 6.45) is 1.97. The van der Waals surface area contributed by atoms with Gasteiger partial charge in [0, 0.05) is 11.0 Å². The van der Waals surface area contributed by atoms with Gasteiger partial charge in [-0.1, -0.05) is 50.3 Å². The van der Waals surface area contributed by atoms with Crippen molar-refractivity contribution >= 4 is 45.0 Å². The van der Waals surface area contributed by atoms with Crippen LogP contribution in [0.1, 0.15) is 42.4 Å². The second-order valence-corrected chi connectivity index (χ2v) is 10.0. The van der Waals surface area contributed by atoms with Gasteiger partial charge in [0.25, 0.3) is 5.91 Å². The fourth-order valence-corrected chi connectivity index (χ4v) is 4.79. The number of thioether (sulfide) groups is 1. The highest BCUT2D eigenvalue weighted by Crippen LogP contribution is 2.32. The molecule has 4 rings (SSSR count). The summed E-state index contributed by atoms with van der Waals surface area (Å²) in [5.41, 5.74) is 3.74. The molecular formula is C23H24N4OS2. The predicted octanol–water partition coefficient (Wildman–Crippen LogP) is 6.06. The second kappa shape index (κ2) is 7.89. The van der Waals surface area contributed by atoms with Crippen LogP contribution in [-0.2, 0) is 5.41 Å². The van der Waals surface area contributed by atoms with Crippen molar-refractivity contribution in [3.8, 4) is 5.13 Å². The molecule has 0 aliphatic carbocycles. The molecule has 0 spiro atoms. The van der Waals surface area contributed by atoms with Crippen LogP contribution >= 0.6 is 23.1 Å². The Labute approximate surface area is 184 Å². The molecule has 0 atom stereocenters. The van der Waals surface area contributed by atoms with E-state index in [0.29, 0.717) is 11.4 Å². The molecule has 4 aromatic rings. The molecule has 0 unspecified atom stereocenters. The molecule has 0 saturated heterocycles. The first-order valence-corrected chi connectivity index (χ1v) is 11.7. The Bertz CT molecular complexity index is 1230. The van der Waals surface area contributed by atoms with Crippen LogP contribution in [0.2, 0.25) is 0 Å². The Morgan fingerprint density at radius 1 is 1.13 bits per heavy atom. The van der Waals surface area contributed by atoms with Gasteiger partial charge in [0.15, 0.2) is 0 Å². The smallest absolute Gasteiger partial charge is 0.257 e. The molecule has 0 bridgehead atoms. The third-order valence-corrected chi connectivity index (χ3v) is 6.64. The molecule has 2 aromatic heterocycles. The Balaban J connectivity index is 1.70. The number of carbonyl (C=O) groups is 1. The van der Waals surface area contributed by atoms with Crippen molar-refractivity contribution < 1.29 is 4.79 Å². The minimum atomic E-state index is -0.155. The maximum Gasteiger partial charge on any atom is 0.257 e. The van der Waals surface area contributed by atoms with E-state index in [9.17, 15) is 4.79 Å². The first kappa shape index (κ1) is 20.6. The Kier molecular flexibility index (Phi) is 5.42. The lowest BCUT2D eigenvalue weighted by atomic mass is 9.87. The topological polar surface area (TPSA) is 59.8 Å². The lowest BCUT2D eigenvalue weighted by Gasteiger charge is -2.18. The number of hydrogen-bond acceptors (Lipinski definition) is 5. The van der Waals surface area contributed by atoms with E-state index in [0.717, 1.165) is 25.9 Å². The number of thiazole rings is 1. The number of nitrogens with one attached hydrogen (secondary N) is 1. The van der Waals surface area contributed by atoms with Crippen LogP contribution in [0.3, 0.4) is 0 Å². The first-order chi connectivity index (χ1) is 14.3. The number of anilines is 1. The molecule has 0 aliphatic heterocycles. The van der Waals surface area contributed by atoms with E-state index in [2.05, 4.69) is 49.4 Å². The summed E-state index contributed by atoms with van der Waals surface area (Å²) in [6.45, 7) is 8.51. The molecule has 2 heterocycles. The lowest BCUT2D eigenvalue weighted by Crippen LogP contribution is -2.15. The van der Waals surface area contributed by atoms with Gasteiger partial charge in [-0.25, -0.2) is 4.98 Å². The molecule has 1 amide bonds. The number of aromatic nitrogens is 3. The largest absolute Gasteiger partial charge is 0.306 e. The van der Waals surface area contributed by atoms with Crippen molar-refractivity contribution in [1.29, 1.82) is 0 Å². The summed E-state index contributed by atoms with van der Waals surface area (Å²) in [6, 6.07) is 15.8. The first-order valence-electron chi connectivity index (χ1n) is 9.69. The number of amides is 1. The number of rotatable bonds is 4. The summed E-state index contributed by atoms with van der Waals surface area (Å²) in [5, 5.41) is 8.33. The van der Waals surface area contributed by atoms with Crippen LogP contribution in [0, 0.1) is 6.92 Å². The van der Waals surface area contributed by atoms with Gasteiger partial charge in [-0.15, -0.1) is 11.8 Å². The Hall–Kier alpha value is -2.64. The molecule has 0 saturated carbocycles. The average molecular weight is 437 g/mol. The van der Waals surface area contributed by atoms with Crippen molar-refractivity contribution in [1.82, 2.24) is 14.8 Å². The van der Waals surface area contributed by atoms with Crippen molar-refractivity contribution in [2.24, 2.45) is 0 Å². The third kappa shape index (κ3) is 4.00. The minimum Gasteiger partial charge on any atom is -0.306 e. The van der Waals surface area contributed by atoms with Gasteiger partial charge in [0.2, 0.25) is 5.13 Å². The van der Waals surface area contributed by atoms with Crippen molar-refractivity contribution in [2.45, 2.75) is 38.0 Å². The molecule has 1 N–H and O–H groups in total. The van der Waals surface area contributed by atoms with Gasteiger partial charge in [0.05, 0.1) is 21.5 Å².